The summed E-state index contributed by atoms with van der Waals surface area (Å²) in [4.78, 5) is 4.79. The van der Waals surface area contributed by atoms with Gasteiger partial charge in [-0.05, 0) is 40.9 Å². The SMILES string of the molecule is [2H]C([2H])([2H])n1[c](=[Pt])n(-c2cccc(Oc3ccc4c5cc6c(cc5n(-c5ccccn5)c4c3)C(C)(C)CCC6(C)C)c2)c2ccccc21. The van der Waals surface area contributed by atoms with Crippen molar-refractivity contribution in [2.75, 3.05) is 0 Å². The number of ether oxygens (including phenoxy) is 1. The molecule has 8 rings (SSSR count). The summed E-state index contributed by atoms with van der Waals surface area (Å²) in [6.45, 7) is 7.14. The van der Waals surface area contributed by atoms with E-state index in [4.69, 9.17) is 13.8 Å². The molecule has 3 aromatic heterocycles. The summed E-state index contributed by atoms with van der Waals surface area (Å²) < 4.78 is 37.3. The van der Waals surface area contributed by atoms with Crippen molar-refractivity contribution in [3.05, 3.63) is 118 Å². The third-order valence-corrected chi connectivity index (χ3v) is 10.6. The molecule has 1 aliphatic rings. The van der Waals surface area contributed by atoms with Gasteiger partial charge in [0.2, 0.25) is 0 Å². The van der Waals surface area contributed by atoms with Crippen molar-refractivity contribution >= 4 is 32.8 Å². The maximum absolute atomic E-state index is 8.18. The molecule has 1 aliphatic carbocycles. The molecule has 0 aliphatic heterocycles. The van der Waals surface area contributed by atoms with Gasteiger partial charge in [-0.15, -0.1) is 0 Å². The average Bonchev–Trinajstić information content (AvgIpc) is 3.54. The van der Waals surface area contributed by atoms with Crippen LogP contribution in [0.15, 0.2) is 103 Å². The summed E-state index contributed by atoms with van der Waals surface area (Å²) in [5, 5.41) is 2.37. The van der Waals surface area contributed by atoms with Crippen molar-refractivity contribution in [3.63, 3.8) is 0 Å². The Bertz CT molecular complexity index is 2450. The van der Waals surface area contributed by atoms with Gasteiger partial charge in [0, 0.05) is 6.20 Å². The van der Waals surface area contributed by atoms with Crippen LogP contribution in [-0.4, -0.2) is 18.7 Å². The summed E-state index contributed by atoms with van der Waals surface area (Å²) in [6, 6.07) is 32.5. The molecule has 0 radical (unpaired) electrons. The van der Waals surface area contributed by atoms with E-state index >= 15 is 0 Å². The van der Waals surface area contributed by atoms with Crippen molar-refractivity contribution in [2.45, 2.75) is 51.4 Å². The van der Waals surface area contributed by atoms with E-state index in [2.05, 4.69) is 81.9 Å². The average molecular weight is 775 g/mol. The van der Waals surface area contributed by atoms with E-state index in [1.54, 1.807) is 0 Å². The van der Waals surface area contributed by atoms with E-state index in [0.717, 1.165) is 46.3 Å². The first-order valence-electron chi connectivity index (χ1n) is 16.8. The summed E-state index contributed by atoms with van der Waals surface area (Å²) in [6.07, 6.45) is 4.14. The van der Waals surface area contributed by atoms with Crippen LogP contribution in [0, 0.1) is 3.80 Å². The van der Waals surface area contributed by atoms with Crippen molar-refractivity contribution in [1.82, 2.24) is 18.7 Å². The second-order valence-electron chi connectivity index (χ2n) is 13.4. The molecule has 45 heavy (non-hydrogen) atoms. The fourth-order valence-electron chi connectivity index (χ4n) is 7.04. The predicted octanol–water partition coefficient (Wildman–Crippen LogP) is 9.68. The molecule has 5 nitrogen and oxygen atoms in total. The van der Waals surface area contributed by atoms with E-state index < -0.39 is 6.98 Å². The third kappa shape index (κ3) is 4.47. The van der Waals surface area contributed by atoms with Crippen LogP contribution in [0.3, 0.4) is 0 Å². The van der Waals surface area contributed by atoms with E-state index in [9.17, 15) is 0 Å². The van der Waals surface area contributed by atoms with Gasteiger partial charge in [-0.1, -0.05) is 33.8 Å². The zero-order valence-corrected chi connectivity index (χ0v) is 28.0. The number of nitrogens with zero attached hydrogens (tertiary/aromatic N) is 4. The van der Waals surface area contributed by atoms with Gasteiger partial charge >= 0.3 is 198 Å². The Hall–Kier alpha value is -4.21. The van der Waals surface area contributed by atoms with Gasteiger partial charge in [0.15, 0.2) is 0 Å². The van der Waals surface area contributed by atoms with Crippen molar-refractivity contribution in [2.24, 2.45) is 6.98 Å². The van der Waals surface area contributed by atoms with Crippen LogP contribution in [0.4, 0.5) is 0 Å². The monoisotopic (exact) mass is 774 g/mol. The summed E-state index contributed by atoms with van der Waals surface area (Å²) >= 11 is 2.10. The van der Waals surface area contributed by atoms with Crippen LogP contribution in [0.2, 0.25) is 0 Å². The molecule has 6 heteroatoms. The Labute approximate surface area is 278 Å². The third-order valence-electron chi connectivity index (χ3n) is 9.61. The Morgan fingerprint density at radius 1 is 0.689 bits per heavy atom. The first kappa shape index (κ1) is 25.0. The molecule has 4 aromatic carbocycles. The molecule has 0 N–H and O–H groups in total. The second kappa shape index (κ2) is 10.2. The zero-order valence-electron chi connectivity index (χ0n) is 28.7. The van der Waals surface area contributed by atoms with Gasteiger partial charge < -0.3 is 0 Å². The quantitative estimate of drug-likeness (QED) is 0.179. The van der Waals surface area contributed by atoms with Crippen molar-refractivity contribution in [3.8, 4) is 23.0 Å². The molecule has 0 atom stereocenters. The molecular weight excluding hydrogens is 736 g/mol. The van der Waals surface area contributed by atoms with Gasteiger partial charge in [0.25, 0.3) is 0 Å². The minimum atomic E-state index is -2.32. The van der Waals surface area contributed by atoms with Crippen LogP contribution in [-0.2, 0) is 37.2 Å². The molecule has 228 valence electrons. The molecule has 0 unspecified atom stereocenters. The Morgan fingerprint density at radius 2 is 1.40 bits per heavy atom. The summed E-state index contributed by atoms with van der Waals surface area (Å²) in [5.74, 6) is 2.22. The normalized spacial score (nSPS) is 16.8. The molecule has 0 bridgehead atoms. The molecule has 0 saturated carbocycles. The number of hydrogen-bond acceptors (Lipinski definition) is 2. The standard InChI is InChI=1S/C39H36N4O.Pt/c1-38(2)18-19-39(3,4)32-24-36-30(23-31(32)38)29-17-16-28(22-35(29)43(36)37-15-8-9-20-40-37)44-27-12-10-11-26(21-27)42-25-41(5)33-13-6-7-14-34(33)42;/h6-17,20-24H,18-19H2,1-5H3;/i5D3;. The molecule has 0 fully saturated rings. The van der Waals surface area contributed by atoms with Gasteiger partial charge in [0.05, 0.1) is 0 Å². The van der Waals surface area contributed by atoms with Crippen molar-refractivity contribution in [1.29, 1.82) is 0 Å². The first-order valence-corrected chi connectivity index (χ1v) is 16.5. The van der Waals surface area contributed by atoms with E-state index in [1.165, 1.54) is 21.1 Å². The van der Waals surface area contributed by atoms with Crippen LogP contribution in [0.5, 0.6) is 11.5 Å². The van der Waals surface area contributed by atoms with Crippen molar-refractivity contribution < 1.29 is 28.2 Å². The topological polar surface area (TPSA) is 36.9 Å². The Balaban J connectivity index is 1.28. The molecular formula is C39H36N4OPt. The summed E-state index contributed by atoms with van der Waals surface area (Å²) in [7, 11) is 0. The predicted molar refractivity (Wildman–Crippen MR) is 179 cm³/mol. The Morgan fingerprint density at radius 3 is 2.16 bits per heavy atom. The van der Waals surface area contributed by atoms with Crippen LogP contribution >= 0.6 is 0 Å². The fourth-order valence-corrected chi connectivity index (χ4v) is 7.88. The second-order valence-corrected chi connectivity index (χ2v) is 14.4. The number of rotatable bonds is 4. The van der Waals surface area contributed by atoms with Crippen LogP contribution in [0.1, 0.15) is 55.8 Å². The number of aryl methyl sites for hydroxylation is 1. The number of pyridine rings is 1. The molecule has 7 aromatic rings. The maximum atomic E-state index is 8.18. The van der Waals surface area contributed by atoms with Gasteiger partial charge in [-0.2, -0.15) is 0 Å². The van der Waals surface area contributed by atoms with Gasteiger partial charge in [-0.25, -0.2) is 0 Å². The Kier molecular flexibility index (Phi) is 5.65. The molecule has 0 spiro atoms. The fraction of sp³-hybridized carbons (Fsp3) is 0.231. The molecule has 0 saturated heterocycles. The van der Waals surface area contributed by atoms with E-state index in [1.807, 2.05) is 77.5 Å². The number of para-hydroxylation sites is 2. The summed E-state index contributed by atoms with van der Waals surface area (Å²) in [5.41, 5.74) is 7.46. The van der Waals surface area contributed by atoms with Gasteiger partial charge in [-0.3, -0.25) is 0 Å². The first-order chi connectivity index (χ1) is 22.8. The minimum absolute atomic E-state index is 0.0788. The number of benzene rings is 4. The van der Waals surface area contributed by atoms with Gasteiger partial charge in [0.1, 0.15) is 0 Å². The number of imidazole rings is 1. The van der Waals surface area contributed by atoms with Crippen LogP contribution in [0.25, 0.3) is 44.3 Å². The zero-order chi connectivity index (χ0) is 33.6. The number of hydrogen-bond donors (Lipinski definition) is 0. The van der Waals surface area contributed by atoms with E-state index in [0.29, 0.717) is 20.8 Å². The molecule has 3 heterocycles. The number of fused-ring (bicyclic) bond motifs is 5. The number of aromatic nitrogens is 4. The molecule has 0 amide bonds. The van der Waals surface area contributed by atoms with E-state index in [-0.39, 0.29) is 10.8 Å². The van der Waals surface area contributed by atoms with Crippen LogP contribution < -0.4 is 4.74 Å².